The van der Waals surface area contributed by atoms with E-state index in [1.54, 1.807) is 22.7 Å². The minimum atomic E-state index is 0.459. The molecule has 0 saturated carbocycles. The second-order valence-electron chi connectivity index (χ2n) is 31.7. The Morgan fingerprint density at radius 3 is 0.721 bits per heavy atom. The molecule has 0 saturated heterocycles. The summed E-state index contributed by atoms with van der Waals surface area (Å²) in [4.78, 5) is 34.2. The fourth-order valence-corrected chi connectivity index (χ4v) is 23.5. The molecule has 0 radical (unpaired) electrons. The van der Waals surface area contributed by atoms with Gasteiger partial charge in [0.25, 0.3) is 0 Å². The van der Waals surface area contributed by atoms with Crippen molar-refractivity contribution >= 4 is 213 Å². The van der Waals surface area contributed by atoms with Gasteiger partial charge in [-0.3, -0.25) is 18.3 Å². The van der Waals surface area contributed by atoms with Crippen LogP contribution < -0.4 is 0 Å². The smallest absolute Gasteiger partial charge is 0.241 e. The van der Waals surface area contributed by atoms with E-state index in [1.807, 2.05) is 22.7 Å². The van der Waals surface area contributed by atoms with Crippen molar-refractivity contribution in [1.82, 2.24) is 48.2 Å². The van der Waals surface area contributed by atoms with Gasteiger partial charge in [-0.15, -0.1) is 45.3 Å². The van der Waals surface area contributed by atoms with Crippen molar-refractivity contribution in [2.45, 2.75) is 0 Å². The predicted octanol–water partition coefficient (Wildman–Crippen LogP) is 29.9. The molecule has 17 aromatic carbocycles. The number of thiophene rings is 4. The lowest BCUT2D eigenvalue weighted by atomic mass is 9.99. The first-order valence-electron chi connectivity index (χ1n) is 40.8. The zero-order chi connectivity index (χ0) is 79.5. The predicted molar refractivity (Wildman–Crippen MR) is 515 cm³/mol. The summed E-state index contributed by atoms with van der Waals surface area (Å²) < 4.78 is 19.0. The van der Waals surface area contributed by atoms with Crippen LogP contribution >= 0.6 is 45.3 Å². The average Bonchev–Trinajstić information content (AvgIpc) is 1.55. The molecule has 10 heterocycles. The Kier molecular flexibility index (Phi) is 14.5. The minimum Gasteiger partial charge on any atom is -0.278 e. The second-order valence-corrected chi connectivity index (χ2v) is 36.0. The van der Waals surface area contributed by atoms with Gasteiger partial charge in [0.15, 0.2) is 11.6 Å². The number of hydrogen-bond donors (Lipinski definition) is 0. The van der Waals surface area contributed by atoms with Crippen LogP contribution in [-0.4, -0.2) is 48.2 Å². The van der Waals surface area contributed by atoms with Crippen molar-refractivity contribution in [2.24, 2.45) is 0 Å². The molecule has 0 bridgehead atoms. The van der Waals surface area contributed by atoms with Crippen molar-refractivity contribution in [3.05, 3.63) is 364 Å². The summed E-state index contributed by atoms with van der Waals surface area (Å²) in [6.45, 7) is 0. The van der Waals surface area contributed by atoms with Gasteiger partial charge in [0, 0.05) is 135 Å². The van der Waals surface area contributed by atoms with Crippen LogP contribution in [0.5, 0.6) is 0 Å². The monoisotopic (exact) mass is 1620 g/mol. The summed E-state index contributed by atoms with van der Waals surface area (Å²) in [5.74, 6) is 3.08. The number of nitrogens with zero attached hydrogens (tertiary/aromatic N) is 10. The van der Waals surface area contributed by atoms with Crippen LogP contribution in [0.1, 0.15) is 0 Å². The van der Waals surface area contributed by atoms with E-state index in [0.29, 0.717) is 35.4 Å². The van der Waals surface area contributed by atoms with E-state index in [9.17, 15) is 0 Å². The Bertz CT molecular complexity index is 8770. The molecule has 0 amide bonds. The van der Waals surface area contributed by atoms with E-state index in [0.717, 1.165) is 121 Å². The van der Waals surface area contributed by atoms with Crippen LogP contribution in [0.4, 0.5) is 0 Å². The lowest BCUT2D eigenvalue weighted by Gasteiger charge is -2.14. The molecule has 0 N–H and O–H groups in total. The number of fused-ring (bicyclic) bond motifs is 24. The van der Waals surface area contributed by atoms with Gasteiger partial charge in [0.05, 0.1) is 44.1 Å². The number of aromatic nitrogens is 10. The molecular formula is C108H60N10S4. The summed E-state index contributed by atoms with van der Waals surface area (Å²) in [5, 5.41) is 18.2. The molecular weight excluding hydrogens is 1570 g/mol. The van der Waals surface area contributed by atoms with Gasteiger partial charge in [-0.2, -0.15) is 24.9 Å². The summed E-state index contributed by atoms with van der Waals surface area (Å²) in [6.07, 6.45) is 0. The maximum Gasteiger partial charge on any atom is 0.241 e. The Balaban J connectivity index is 0.673. The van der Waals surface area contributed by atoms with E-state index in [1.165, 1.54) is 103 Å². The SMILES string of the molecule is c1ccc(-c2ccc3sc4ccc(-c5ccc6c(c5)c5ccccc5n6-c5nc(-n6c7ccccc7c7cc(-c8ccc9sc%10ccc(-c%11ccccc%11)cc%10c9c8)ccc76)nc(-n6c7ccccc7c7cc8c(cc76)c6ccccc6n8-c6nc(-c7ccc8sc9ccccc9c8c7)nc(-c7ccc8sc9ccccc9c8c7)n6)n5)cc4c3c2)cc1. The van der Waals surface area contributed by atoms with Crippen LogP contribution in [0.3, 0.4) is 0 Å². The van der Waals surface area contributed by atoms with Gasteiger partial charge in [-0.1, -0.05) is 206 Å². The van der Waals surface area contributed by atoms with Crippen molar-refractivity contribution < 1.29 is 0 Å². The van der Waals surface area contributed by atoms with Gasteiger partial charge in [0.1, 0.15) is 0 Å². The molecule has 0 unspecified atom stereocenters. The average molecular weight is 1630 g/mol. The van der Waals surface area contributed by atoms with Crippen molar-refractivity contribution in [3.8, 4) is 91.1 Å². The van der Waals surface area contributed by atoms with Gasteiger partial charge in [-0.05, 0) is 202 Å². The Morgan fingerprint density at radius 2 is 0.369 bits per heavy atom. The normalized spacial score (nSPS) is 12.3. The maximum atomic E-state index is 5.87. The first kappa shape index (κ1) is 67.8. The molecule has 0 fully saturated rings. The summed E-state index contributed by atoms with van der Waals surface area (Å²) >= 11 is 7.30. The van der Waals surface area contributed by atoms with E-state index in [4.69, 9.17) is 29.9 Å². The van der Waals surface area contributed by atoms with E-state index >= 15 is 0 Å². The topological polar surface area (TPSA) is 97.1 Å². The number of hydrogen-bond acceptors (Lipinski definition) is 10. The molecule has 27 rings (SSSR count). The van der Waals surface area contributed by atoms with Crippen LogP contribution in [-0.2, 0) is 0 Å². The largest absolute Gasteiger partial charge is 0.278 e. The summed E-state index contributed by atoms with van der Waals surface area (Å²) in [7, 11) is 0. The van der Waals surface area contributed by atoms with Crippen LogP contribution in [0, 0.1) is 0 Å². The molecule has 0 spiro atoms. The standard InChI is InChI=1S/C108H60N10S4/c1-3-19-61(20-4-1)63-37-45-99-83(53-63)85-55-67(39-47-101(85)121-99)65-35-43-91-77(51-65)71-23-7-13-29-87(71)115(91)106-112-107(116-88-30-14-8-24-72(88)78-52-66(36-44-92(78)116)68-40-48-102-86(56-68)84-54-64(38-46-100(84)122-102)62-21-5-2-6-22-62)114-108(113-106)118-90-32-16-10-26-74(90)80-59-93-79(60-94(80)118)73-25-9-15-31-89(73)117(93)105-110-103(69-41-49-97-81(57-69)75-27-11-17-33-95(75)119-97)109-104(111-105)70-42-50-98-82(58-70)76-28-12-18-34-96(76)120-98/h1-60H. The molecule has 14 heteroatoms. The lowest BCUT2D eigenvalue weighted by molar-refractivity contribution is 0.848. The molecule has 10 aromatic heterocycles. The van der Waals surface area contributed by atoms with Crippen LogP contribution in [0.15, 0.2) is 364 Å². The third kappa shape index (κ3) is 10.3. The molecule has 27 aromatic rings. The molecule has 0 aliphatic rings. The number of para-hydroxylation sites is 4. The zero-order valence-corrected chi connectivity index (χ0v) is 68.0. The highest BCUT2D eigenvalue weighted by Gasteiger charge is 2.28. The van der Waals surface area contributed by atoms with Crippen LogP contribution in [0.25, 0.3) is 259 Å². The van der Waals surface area contributed by atoms with E-state index in [-0.39, 0.29) is 0 Å². The van der Waals surface area contributed by atoms with Crippen molar-refractivity contribution in [2.75, 3.05) is 0 Å². The first-order valence-corrected chi connectivity index (χ1v) is 44.1. The fraction of sp³-hybridized carbons (Fsp3) is 0. The molecule has 0 atom stereocenters. The Morgan fingerprint density at radius 1 is 0.139 bits per heavy atom. The second kappa shape index (κ2) is 26.2. The number of rotatable bonds is 10. The van der Waals surface area contributed by atoms with Gasteiger partial charge in [-0.25, -0.2) is 4.98 Å². The number of benzene rings is 17. The third-order valence-corrected chi connectivity index (χ3v) is 29.5. The quantitative estimate of drug-likeness (QED) is 0.135. The molecule has 0 aliphatic heterocycles. The first-order chi connectivity index (χ1) is 60.4. The fourth-order valence-electron chi connectivity index (χ4n) is 19.2. The summed E-state index contributed by atoms with van der Waals surface area (Å²) in [5.41, 5.74) is 18.8. The van der Waals surface area contributed by atoms with Gasteiger partial charge >= 0.3 is 0 Å². The van der Waals surface area contributed by atoms with Crippen molar-refractivity contribution in [1.29, 1.82) is 0 Å². The summed E-state index contributed by atoms with van der Waals surface area (Å²) in [6, 6.07) is 133. The zero-order valence-electron chi connectivity index (χ0n) is 64.7. The lowest BCUT2D eigenvalue weighted by Crippen LogP contribution is -2.13. The molecule has 0 aliphatic carbocycles. The van der Waals surface area contributed by atoms with Gasteiger partial charge in [0.2, 0.25) is 23.8 Å². The maximum absolute atomic E-state index is 5.87. The molecule has 122 heavy (non-hydrogen) atoms. The Hall–Kier alpha value is -15.2. The van der Waals surface area contributed by atoms with E-state index < -0.39 is 0 Å². The highest BCUT2D eigenvalue weighted by atomic mass is 32.1. The van der Waals surface area contributed by atoms with Gasteiger partial charge < -0.3 is 0 Å². The highest BCUT2D eigenvalue weighted by molar-refractivity contribution is 7.27. The third-order valence-electron chi connectivity index (χ3n) is 24.9. The minimum absolute atomic E-state index is 0.459. The van der Waals surface area contributed by atoms with E-state index in [2.05, 4.69) is 382 Å². The molecule has 566 valence electrons. The molecule has 10 nitrogen and oxygen atoms in total. The Labute approximate surface area is 710 Å². The highest BCUT2D eigenvalue weighted by Crippen LogP contribution is 2.47. The van der Waals surface area contributed by atoms with Crippen molar-refractivity contribution in [3.63, 3.8) is 0 Å². The van der Waals surface area contributed by atoms with Crippen LogP contribution in [0.2, 0.25) is 0 Å².